The number of benzene rings is 2. The third kappa shape index (κ3) is 5.84. The van der Waals surface area contributed by atoms with E-state index in [4.69, 9.17) is 25.8 Å². The van der Waals surface area contributed by atoms with E-state index in [1.807, 2.05) is 18.2 Å². The van der Waals surface area contributed by atoms with Crippen LogP contribution in [0.2, 0.25) is 5.02 Å². The van der Waals surface area contributed by atoms with Crippen molar-refractivity contribution in [1.82, 2.24) is 14.9 Å². The molecule has 3 heterocycles. The van der Waals surface area contributed by atoms with Crippen molar-refractivity contribution in [3.63, 3.8) is 0 Å². The average molecular weight is 718 g/mol. The highest BCUT2D eigenvalue weighted by molar-refractivity contribution is 7.92. The first kappa shape index (κ1) is 33.2. The molecule has 0 saturated heterocycles. The van der Waals surface area contributed by atoms with Gasteiger partial charge in [0.15, 0.2) is 0 Å². The van der Waals surface area contributed by atoms with Crippen LogP contribution in [0.3, 0.4) is 0 Å². The van der Waals surface area contributed by atoms with Crippen molar-refractivity contribution in [2.75, 3.05) is 44.6 Å². The minimum Gasteiger partial charge on any atom is -0.490 e. The molecule has 1 N–H and O–H groups in total. The number of aryl methyl sites for hydroxylation is 1. The number of hydrogen-bond donors (Lipinski definition) is 1. The van der Waals surface area contributed by atoms with E-state index in [-0.39, 0.29) is 46.1 Å². The zero-order valence-corrected chi connectivity index (χ0v) is 29.7. The topological polar surface area (TPSA) is 132 Å². The van der Waals surface area contributed by atoms with Gasteiger partial charge in [0.05, 0.1) is 37.5 Å². The van der Waals surface area contributed by atoms with Crippen molar-refractivity contribution >= 4 is 39.0 Å². The summed E-state index contributed by atoms with van der Waals surface area (Å²) in [6.07, 6.45) is 9.00. The van der Waals surface area contributed by atoms with Gasteiger partial charge in [-0.3, -0.25) is 14.3 Å². The fourth-order valence-electron chi connectivity index (χ4n) is 8.64. The molecule has 1 unspecified atom stereocenters. The minimum absolute atomic E-state index is 0.0211. The van der Waals surface area contributed by atoms with Gasteiger partial charge in [0.25, 0.3) is 11.8 Å². The van der Waals surface area contributed by atoms with Crippen molar-refractivity contribution in [2.45, 2.75) is 50.0 Å². The van der Waals surface area contributed by atoms with Crippen LogP contribution in [-0.4, -0.2) is 72.0 Å². The van der Waals surface area contributed by atoms with E-state index in [1.165, 1.54) is 30.5 Å². The Bertz CT molecular complexity index is 2030. The van der Waals surface area contributed by atoms with Crippen LogP contribution in [0.25, 0.3) is 0 Å². The summed E-state index contributed by atoms with van der Waals surface area (Å²) in [7, 11) is -0.525. The predicted octanol–water partition coefficient (Wildman–Crippen LogP) is 5.57. The van der Waals surface area contributed by atoms with Gasteiger partial charge in [-0.2, -0.15) is 5.10 Å². The summed E-state index contributed by atoms with van der Waals surface area (Å²) in [5.74, 6) is -0.330. The summed E-state index contributed by atoms with van der Waals surface area (Å²) in [5.41, 5.74) is 4.45. The van der Waals surface area contributed by atoms with Crippen LogP contribution in [0, 0.1) is 17.8 Å². The third-order valence-electron chi connectivity index (χ3n) is 11.3. The number of aromatic nitrogens is 2. The molecule has 3 aliphatic carbocycles. The molecule has 13 heteroatoms. The first-order valence-electron chi connectivity index (χ1n) is 17.2. The Morgan fingerprint density at radius 3 is 2.80 bits per heavy atom. The normalized spacial score (nSPS) is 29.9. The molecular formula is C37H40ClN5O6S. The quantitative estimate of drug-likeness (QED) is 0.344. The number of carbonyl (C=O) groups is 2. The first-order valence-corrected chi connectivity index (χ1v) is 19.3. The molecule has 1 saturated carbocycles. The Morgan fingerprint density at radius 2 is 2.04 bits per heavy atom. The smallest absolute Gasteiger partial charge is 0.286 e. The van der Waals surface area contributed by atoms with E-state index >= 15 is 0 Å². The lowest BCUT2D eigenvalue weighted by atomic mass is 9.65. The number of ether oxygens (including phenoxy) is 3. The Labute approximate surface area is 297 Å². The van der Waals surface area contributed by atoms with Crippen molar-refractivity contribution in [2.24, 2.45) is 22.1 Å². The molecule has 1 spiro atoms. The van der Waals surface area contributed by atoms with E-state index in [9.17, 15) is 13.8 Å². The Balaban J connectivity index is 1.22. The minimum atomic E-state index is -3.63. The second-order valence-electron chi connectivity index (χ2n) is 14.2. The van der Waals surface area contributed by atoms with Crippen LogP contribution in [0.5, 0.6) is 11.6 Å². The fraction of sp³-hybridized carbons (Fsp3) is 0.459. The van der Waals surface area contributed by atoms with E-state index in [0.717, 1.165) is 54.9 Å². The van der Waals surface area contributed by atoms with Crippen molar-refractivity contribution < 1.29 is 28.0 Å². The Kier molecular flexibility index (Phi) is 8.59. The molecule has 1 fully saturated rings. The number of allylic oxidation sites excluding steroid dienone is 1. The highest BCUT2D eigenvalue weighted by Gasteiger charge is 2.47. The molecule has 8 rings (SSSR count). The van der Waals surface area contributed by atoms with Gasteiger partial charge < -0.3 is 19.1 Å². The number of anilines is 1. The van der Waals surface area contributed by atoms with Gasteiger partial charge >= 0.3 is 0 Å². The zero-order chi connectivity index (χ0) is 34.6. The number of nitrogens with one attached hydrogen (secondary N) is 1. The van der Waals surface area contributed by atoms with E-state index in [1.54, 1.807) is 13.2 Å². The molecule has 262 valence electrons. The Morgan fingerprint density at radius 1 is 1.16 bits per heavy atom. The van der Waals surface area contributed by atoms with Gasteiger partial charge in [0, 0.05) is 36.2 Å². The molecule has 50 heavy (non-hydrogen) atoms. The highest BCUT2D eigenvalue weighted by atomic mass is 35.5. The largest absolute Gasteiger partial charge is 0.490 e. The lowest BCUT2D eigenvalue weighted by Crippen LogP contribution is -2.51. The lowest BCUT2D eigenvalue weighted by Gasteiger charge is -2.48. The number of nitrogens with zero attached hydrogens (tertiary/aromatic N) is 4. The van der Waals surface area contributed by atoms with Crippen LogP contribution in [-0.2, 0) is 26.5 Å². The molecule has 6 atom stereocenters. The first-order chi connectivity index (χ1) is 24.2. The molecule has 2 amide bonds. The summed E-state index contributed by atoms with van der Waals surface area (Å²) >= 11 is 6.45. The van der Waals surface area contributed by atoms with Crippen LogP contribution < -0.4 is 19.1 Å². The molecule has 2 aliphatic heterocycles. The summed E-state index contributed by atoms with van der Waals surface area (Å²) < 4.78 is 39.7. The van der Waals surface area contributed by atoms with E-state index in [2.05, 4.69) is 42.4 Å². The molecule has 2 aromatic carbocycles. The molecule has 2 bridgehead atoms. The van der Waals surface area contributed by atoms with Crippen LogP contribution >= 0.6 is 11.6 Å². The maximum atomic E-state index is 14.7. The lowest BCUT2D eigenvalue weighted by molar-refractivity contribution is -0.00148. The van der Waals surface area contributed by atoms with Crippen LogP contribution in [0.15, 0.2) is 64.7 Å². The summed E-state index contributed by atoms with van der Waals surface area (Å²) in [6, 6.07) is 12.9. The number of rotatable bonds is 4. The summed E-state index contributed by atoms with van der Waals surface area (Å²) in [4.78, 5) is 29.9. The monoisotopic (exact) mass is 717 g/mol. The van der Waals surface area contributed by atoms with Gasteiger partial charge in [-0.05, 0) is 109 Å². The average Bonchev–Trinajstić information content (AvgIpc) is 3.24. The van der Waals surface area contributed by atoms with Gasteiger partial charge in [-0.15, -0.1) is 9.46 Å². The van der Waals surface area contributed by atoms with Gasteiger partial charge in [-0.25, -0.2) is 4.21 Å². The number of carbonyl (C=O) groups excluding carboxylic acids is 2. The second kappa shape index (κ2) is 13.0. The molecule has 0 radical (unpaired) electrons. The fourth-order valence-corrected chi connectivity index (χ4v) is 10.7. The highest BCUT2D eigenvalue weighted by Crippen LogP contribution is 2.49. The number of amides is 2. The van der Waals surface area contributed by atoms with Gasteiger partial charge in [0.2, 0.25) is 5.88 Å². The third-order valence-corrected chi connectivity index (χ3v) is 13.4. The number of methoxy groups -OCH3 is 2. The summed E-state index contributed by atoms with van der Waals surface area (Å²) in [5, 5.41) is 8.37. The molecule has 1 aromatic heterocycles. The van der Waals surface area contributed by atoms with Crippen molar-refractivity contribution in [3.05, 3.63) is 87.6 Å². The zero-order valence-electron chi connectivity index (χ0n) is 28.1. The molecular weight excluding hydrogens is 678 g/mol. The van der Waals surface area contributed by atoms with E-state index < -0.39 is 21.7 Å². The van der Waals surface area contributed by atoms with E-state index in [0.29, 0.717) is 31.2 Å². The molecule has 11 nitrogen and oxygen atoms in total. The summed E-state index contributed by atoms with van der Waals surface area (Å²) in [6.45, 7) is 2.00. The van der Waals surface area contributed by atoms with Crippen LogP contribution in [0.4, 0.5) is 5.69 Å². The standard InChI is InChI=1S/C37H40ClN5O6S/c1-47-33-27-9-5-24(27)18-43-20-37(14-3-4-22-16-26(38)8-11-30(22)37)21-49-32-12-7-23(17-31(32)43)34(44)41-50(46,19-25-6-10-28(25)33)42-35(45)29-13-15-39-40-36(29)48-2/h7-8,10-13,15-17,24-25,27,33H,3-6,9,14,18-21H2,1-2H3,(H,41,42,44,45,46)/t24-,25+,27+,33+,37-,50?/m0/s1. The molecule has 3 aromatic rings. The second-order valence-corrected chi connectivity index (χ2v) is 16.6. The molecule has 5 aliphatic rings. The maximum Gasteiger partial charge on any atom is 0.286 e. The number of hydrogen-bond acceptors (Lipinski definition) is 9. The number of fused-ring (bicyclic) bond motifs is 5. The Hall–Kier alpha value is -4.00. The van der Waals surface area contributed by atoms with Gasteiger partial charge in [0.1, 0.15) is 21.2 Å². The SMILES string of the molecule is COc1nnccc1C(=O)NS1(=O)=NC(=O)c2ccc3c(c2)N(C[C@@H]2CC[C@H]2[C@@H](OC)C2=CC[C@@H]2C1)C[C@@]1(CCCc2cc(Cl)ccc21)CO3. The van der Waals surface area contributed by atoms with Crippen molar-refractivity contribution in [1.29, 1.82) is 0 Å². The number of halogens is 1. The van der Waals surface area contributed by atoms with Crippen molar-refractivity contribution in [3.8, 4) is 11.6 Å². The maximum absolute atomic E-state index is 14.7. The predicted molar refractivity (Wildman–Crippen MR) is 189 cm³/mol. The van der Waals surface area contributed by atoms with Gasteiger partial charge in [-0.1, -0.05) is 23.7 Å². The van der Waals surface area contributed by atoms with Crippen LogP contribution in [0.1, 0.15) is 63.9 Å².